The van der Waals surface area contributed by atoms with Crippen LogP contribution in [-0.2, 0) is 9.47 Å². The minimum atomic E-state index is -0.574. The lowest BCUT2D eigenvalue weighted by Gasteiger charge is -2.24. The number of anilines is 2. The number of hydrogen-bond acceptors (Lipinski definition) is 8. The Bertz CT molecular complexity index is 1160. The van der Waals surface area contributed by atoms with Crippen LogP contribution < -0.4 is 21.3 Å². The molecule has 0 aromatic heterocycles. The molecular weight excluding hydrogens is 512 g/mol. The van der Waals surface area contributed by atoms with Crippen molar-refractivity contribution in [2.75, 3.05) is 36.8 Å². The molecule has 0 heterocycles. The lowest BCUT2D eigenvalue weighted by molar-refractivity contribution is 0.0516. The van der Waals surface area contributed by atoms with Crippen LogP contribution in [0.3, 0.4) is 0 Å². The van der Waals surface area contributed by atoms with Crippen molar-refractivity contribution in [2.45, 2.75) is 65.6 Å². The number of rotatable bonds is 10. The van der Waals surface area contributed by atoms with Gasteiger partial charge in [-0.2, -0.15) is 0 Å². The zero-order chi connectivity index (χ0) is 29.5. The lowest BCUT2D eigenvalue weighted by atomic mass is 9.82. The number of nitrogens with one attached hydrogen (secondary N) is 4. The summed E-state index contributed by atoms with van der Waals surface area (Å²) in [5, 5.41) is 11.9. The lowest BCUT2D eigenvalue weighted by Crippen LogP contribution is -2.33. The van der Waals surface area contributed by atoms with Crippen molar-refractivity contribution in [1.29, 1.82) is 0 Å². The first-order valence-corrected chi connectivity index (χ1v) is 13.5. The first kappa shape index (κ1) is 30.5. The number of alkyl carbamates (subject to hydrolysis) is 2. The third kappa shape index (κ3) is 8.46. The molecule has 216 valence electrons. The van der Waals surface area contributed by atoms with Gasteiger partial charge >= 0.3 is 12.2 Å². The normalized spacial score (nSPS) is 12.7. The van der Waals surface area contributed by atoms with E-state index < -0.39 is 23.4 Å². The van der Waals surface area contributed by atoms with E-state index in [4.69, 9.17) is 9.47 Å². The number of ketones is 2. The average Bonchev–Trinajstić information content (AvgIpc) is 2.85. The van der Waals surface area contributed by atoms with Crippen LogP contribution in [0.5, 0.6) is 0 Å². The highest BCUT2D eigenvalue weighted by Gasteiger charge is 2.33. The summed E-state index contributed by atoms with van der Waals surface area (Å²) in [6, 6.07) is 10.4. The van der Waals surface area contributed by atoms with E-state index in [1.165, 1.54) is 0 Å². The minimum absolute atomic E-state index is 0.227. The van der Waals surface area contributed by atoms with Gasteiger partial charge in [0.05, 0.1) is 11.1 Å². The van der Waals surface area contributed by atoms with Gasteiger partial charge < -0.3 is 30.7 Å². The fourth-order valence-electron chi connectivity index (χ4n) is 4.15. The summed E-state index contributed by atoms with van der Waals surface area (Å²) in [6.07, 6.45) is 0.187. The van der Waals surface area contributed by atoms with Crippen LogP contribution in [-0.4, -0.2) is 61.1 Å². The molecule has 0 bridgehead atoms. The molecule has 0 saturated heterocycles. The Morgan fingerprint density at radius 2 is 1.00 bits per heavy atom. The van der Waals surface area contributed by atoms with Crippen LogP contribution in [0, 0.1) is 0 Å². The molecule has 3 rings (SSSR count). The van der Waals surface area contributed by atoms with Crippen LogP contribution in [0.1, 0.15) is 86.2 Å². The van der Waals surface area contributed by atoms with E-state index in [0.717, 1.165) is 0 Å². The SMILES string of the molecule is CC(C)(C)OC(=O)NCCCNc1ccc(NCCCNC(=O)OC(C)(C)C)c2c1C(=O)c1ccccc1C2=O. The Morgan fingerprint density at radius 3 is 1.35 bits per heavy atom. The summed E-state index contributed by atoms with van der Waals surface area (Å²) in [5.41, 5.74) is 1.34. The molecule has 0 unspecified atom stereocenters. The number of fused-ring (bicyclic) bond motifs is 2. The zero-order valence-corrected chi connectivity index (χ0v) is 24.2. The van der Waals surface area contributed by atoms with Gasteiger partial charge in [0.25, 0.3) is 0 Å². The van der Waals surface area contributed by atoms with Crippen LogP contribution in [0.4, 0.5) is 21.0 Å². The highest BCUT2D eigenvalue weighted by molar-refractivity contribution is 6.31. The van der Waals surface area contributed by atoms with Crippen molar-refractivity contribution in [3.63, 3.8) is 0 Å². The van der Waals surface area contributed by atoms with Crippen molar-refractivity contribution in [3.05, 3.63) is 58.7 Å². The number of carbonyl (C=O) groups is 4. The number of carbonyl (C=O) groups excluding carboxylic acids is 4. The standard InChI is InChI=1S/C30H40N4O6/c1-29(2,3)39-27(37)33-17-9-15-31-21-13-14-22(32-16-10-18-34-28(38)40-30(4,5)6)24-23(21)25(35)19-11-7-8-12-20(19)26(24)36/h7-8,11-14,31-32H,9-10,15-18H2,1-6H3,(H,33,37)(H,34,38). The zero-order valence-electron chi connectivity index (χ0n) is 24.2. The second kappa shape index (κ2) is 12.8. The molecule has 10 nitrogen and oxygen atoms in total. The van der Waals surface area contributed by atoms with Crippen molar-refractivity contribution < 1.29 is 28.7 Å². The molecular formula is C30H40N4O6. The van der Waals surface area contributed by atoms with E-state index in [1.54, 1.807) is 77.9 Å². The number of ether oxygens (including phenoxy) is 2. The van der Waals surface area contributed by atoms with E-state index in [-0.39, 0.29) is 11.6 Å². The molecule has 0 aliphatic heterocycles. The van der Waals surface area contributed by atoms with E-state index in [9.17, 15) is 19.2 Å². The molecule has 1 aliphatic rings. The number of hydrogen-bond donors (Lipinski definition) is 4. The topological polar surface area (TPSA) is 135 Å². The van der Waals surface area contributed by atoms with Crippen LogP contribution in [0.2, 0.25) is 0 Å². The Hall–Kier alpha value is -4.08. The van der Waals surface area contributed by atoms with Crippen molar-refractivity contribution in [3.8, 4) is 0 Å². The number of benzene rings is 2. The van der Waals surface area contributed by atoms with E-state index in [0.29, 0.717) is 72.6 Å². The molecule has 0 saturated carbocycles. The molecule has 40 heavy (non-hydrogen) atoms. The highest BCUT2D eigenvalue weighted by atomic mass is 16.6. The fourth-order valence-corrected chi connectivity index (χ4v) is 4.15. The quantitative estimate of drug-likeness (QED) is 0.255. The third-order valence-electron chi connectivity index (χ3n) is 5.75. The Morgan fingerprint density at radius 1 is 0.625 bits per heavy atom. The Balaban J connectivity index is 1.68. The molecule has 0 fully saturated rings. The molecule has 4 N–H and O–H groups in total. The summed E-state index contributed by atoms with van der Waals surface area (Å²) in [7, 11) is 0. The van der Waals surface area contributed by atoms with Gasteiger partial charge in [-0.15, -0.1) is 0 Å². The molecule has 2 aromatic rings. The Kier molecular flexibility index (Phi) is 9.78. The van der Waals surface area contributed by atoms with Gasteiger partial charge in [0.15, 0.2) is 11.6 Å². The maximum Gasteiger partial charge on any atom is 0.407 e. The molecule has 0 radical (unpaired) electrons. The van der Waals surface area contributed by atoms with Gasteiger partial charge in [-0.25, -0.2) is 9.59 Å². The second-order valence-corrected chi connectivity index (χ2v) is 11.5. The van der Waals surface area contributed by atoms with Gasteiger partial charge in [0.1, 0.15) is 11.2 Å². The maximum absolute atomic E-state index is 13.5. The van der Waals surface area contributed by atoms with Gasteiger partial charge in [-0.1, -0.05) is 24.3 Å². The van der Waals surface area contributed by atoms with Gasteiger partial charge in [0.2, 0.25) is 0 Å². The third-order valence-corrected chi connectivity index (χ3v) is 5.75. The predicted molar refractivity (Wildman–Crippen MR) is 154 cm³/mol. The van der Waals surface area contributed by atoms with E-state index in [1.807, 2.05) is 0 Å². The first-order valence-electron chi connectivity index (χ1n) is 13.5. The van der Waals surface area contributed by atoms with Crippen molar-refractivity contribution in [1.82, 2.24) is 10.6 Å². The molecule has 0 spiro atoms. The summed E-state index contributed by atoms with van der Waals surface area (Å²) in [5.74, 6) is -0.454. The van der Waals surface area contributed by atoms with Crippen LogP contribution in [0.15, 0.2) is 36.4 Å². The smallest absolute Gasteiger partial charge is 0.407 e. The largest absolute Gasteiger partial charge is 0.444 e. The maximum atomic E-state index is 13.5. The average molecular weight is 553 g/mol. The van der Waals surface area contributed by atoms with Crippen LogP contribution in [0.25, 0.3) is 0 Å². The van der Waals surface area contributed by atoms with Crippen molar-refractivity contribution >= 4 is 35.1 Å². The fraction of sp³-hybridized carbons (Fsp3) is 0.467. The summed E-state index contributed by atoms with van der Waals surface area (Å²) >= 11 is 0. The summed E-state index contributed by atoms with van der Waals surface area (Å²) in [6.45, 7) is 12.5. The monoisotopic (exact) mass is 552 g/mol. The second-order valence-electron chi connectivity index (χ2n) is 11.5. The van der Waals surface area contributed by atoms with E-state index in [2.05, 4.69) is 21.3 Å². The van der Waals surface area contributed by atoms with Gasteiger partial charge in [0, 0.05) is 48.7 Å². The van der Waals surface area contributed by atoms with Crippen LogP contribution >= 0.6 is 0 Å². The molecule has 10 heteroatoms. The van der Waals surface area contributed by atoms with Gasteiger partial charge in [-0.3, -0.25) is 9.59 Å². The predicted octanol–water partition coefficient (Wildman–Crippen LogP) is 5.12. The molecule has 1 aliphatic carbocycles. The van der Waals surface area contributed by atoms with Gasteiger partial charge in [-0.05, 0) is 66.5 Å². The summed E-state index contributed by atoms with van der Waals surface area (Å²) < 4.78 is 10.5. The Labute approximate surface area is 235 Å². The summed E-state index contributed by atoms with van der Waals surface area (Å²) in [4.78, 5) is 50.8. The molecule has 2 amide bonds. The highest BCUT2D eigenvalue weighted by Crippen LogP contribution is 2.36. The molecule has 0 atom stereocenters. The van der Waals surface area contributed by atoms with E-state index >= 15 is 0 Å². The first-order chi connectivity index (χ1) is 18.8. The minimum Gasteiger partial charge on any atom is -0.444 e. The number of amides is 2. The van der Waals surface area contributed by atoms with Crippen molar-refractivity contribution in [2.24, 2.45) is 0 Å². The molecule has 2 aromatic carbocycles.